The molecule has 2 rings (SSSR count). The molecule has 0 spiro atoms. The number of rotatable bonds is 6. The van der Waals surface area contributed by atoms with Crippen molar-refractivity contribution in [2.75, 3.05) is 19.5 Å². The average molecular weight is 261 g/mol. The van der Waals surface area contributed by atoms with Crippen LogP contribution in [0.15, 0.2) is 30.6 Å². The Hall–Kier alpha value is -2.17. The van der Waals surface area contributed by atoms with Crippen LogP contribution in [0.3, 0.4) is 0 Å². The van der Waals surface area contributed by atoms with Gasteiger partial charge in [0.15, 0.2) is 0 Å². The normalized spacial score (nSPS) is 10.3. The van der Waals surface area contributed by atoms with Crippen LogP contribution < -0.4 is 14.8 Å². The second-order valence-electron chi connectivity index (χ2n) is 4.12. The molecular weight excluding hydrogens is 242 g/mol. The number of aromatic nitrogens is 2. The van der Waals surface area contributed by atoms with Gasteiger partial charge in [-0.3, -0.25) is 4.68 Å². The minimum absolute atomic E-state index is 0.683. The second-order valence-corrected chi connectivity index (χ2v) is 4.12. The fourth-order valence-corrected chi connectivity index (χ4v) is 1.82. The molecule has 0 aliphatic heterocycles. The van der Waals surface area contributed by atoms with Crippen molar-refractivity contribution in [2.45, 2.75) is 20.0 Å². The lowest BCUT2D eigenvalue weighted by molar-refractivity contribution is 0.391. The molecule has 1 N–H and O–H groups in total. The minimum Gasteiger partial charge on any atom is -0.497 e. The van der Waals surface area contributed by atoms with Gasteiger partial charge in [-0.25, -0.2) is 0 Å². The Balaban J connectivity index is 2.06. The number of hydrogen-bond donors (Lipinski definition) is 1. The van der Waals surface area contributed by atoms with Gasteiger partial charge in [0.25, 0.3) is 0 Å². The van der Waals surface area contributed by atoms with Gasteiger partial charge in [0.05, 0.1) is 26.1 Å². The van der Waals surface area contributed by atoms with Crippen LogP contribution in [0.2, 0.25) is 0 Å². The molecule has 19 heavy (non-hydrogen) atoms. The Labute approximate surface area is 113 Å². The number of aryl methyl sites for hydroxylation is 1. The van der Waals surface area contributed by atoms with Gasteiger partial charge in [-0.2, -0.15) is 5.10 Å². The summed E-state index contributed by atoms with van der Waals surface area (Å²) in [6, 6.07) is 5.80. The Morgan fingerprint density at radius 2 is 2.11 bits per heavy atom. The zero-order valence-electron chi connectivity index (χ0n) is 11.5. The third kappa shape index (κ3) is 3.19. The van der Waals surface area contributed by atoms with E-state index in [1.54, 1.807) is 14.2 Å². The third-order valence-corrected chi connectivity index (χ3v) is 2.93. The molecule has 0 aliphatic rings. The van der Waals surface area contributed by atoms with Gasteiger partial charge in [-0.1, -0.05) is 0 Å². The number of nitrogens with one attached hydrogen (secondary N) is 1. The van der Waals surface area contributed by atoms with E-state index in [0.29, 0.717) is 6.54 Å². The number of anilines is 1. The van der Waals surface area contributed by atoms with Crippen LogP contribution in [0.5, 0.6) is 11.5 Å². The van der Waals surface area contributed by atoms with Gasteiger partial charge in [-0.05, 0) is 19.1 Å². The maximum absolute atomic E-state index is 5.36. The summed E-state index contributed by atoms with van der Waals surface area (Å²) in [4.78, 5) is 0. The van der Waals surface area contributed by atoms with E-state index in [1.807, 2.05) is 35.3 Å². The lowest BCUT2D eigenvalue weighted by Crippen LogP contribution is -2.01. The van der Waals surface area contributed by atoms with E-state index >= 15 is 0 Å². The van der Waals surface area contributed by atoms with Gasteiger partial charge >= 0.3 is 0 Å². The number of nitrogens with zero attached hydrogens (tertiary/aromatic N) is 2. The first-order valence-electron chi connectivity index (χ1n) is 6.24. The number of hydrogen-bond acceptors (Lipinski definition) is 4. The van der Waals surface area contributed by atoms with E-state index in [1.165, 1.54) is 0 Å². The van der Waals surface area contributed by atoms with Crippen LogP contribution >= 0.6 is 0 Å². The molecule has 0 saturated heterocycles. The lowest BCUT2D eigenvalue weighted by Gasteiger charge is -2.11. The highest BCUT2D eigenvalue weighted by Crippen LogP contribution is 2.25. The summed E-state index contributed by atoms with van der Waals surface area (Å²) in [5.41, 5.74) is 2.08. The molecular formula is C14H19N3O2. The average Bonchev–Trinajstić information content (AvgIpc) is 2.92. The standard InChI is InChI=1S/C14H19N3O2/c1-4-17-10-12(9-16-17)15-8-11-5-6-13(18-2)7-14(11)19-3/h5-7,9-10,15H,4,8H2,1-3H3. The summed E-state index contributed by atoms with van der Waals surface area (Å²) < 4.78 is 12.4. The Morgan fingerprint density at radius 3 is 2.74 bits per heavy atom. The molecule has 1 heterocycles. The zero-order valence-corrected chi connectivity index (χ0v) is 11.5. The SMILES string of the molecule is CCn1cc(NCc2ccc(OC)cc2OC)cn1. The van der Waals surface area contributed by atoms with Crippen molar-refractivity contribution >= 4 is 5.69 Å². The first kappa shape index (κ1) is 13.3. The lowest BCUT2D eigenvalue weighted by atomic mass is 10.2. The maximum Gasteiger partial charge on any atom is 0.127 e. The highest BCUT2D eigenvalue weighted by Gasteiger charge is 2.05. The van der Waals surface area contributed by atoms with Crippen molar-refractivity contribution in [3.05, 3.63) is 36.2 Å². The maximum atomic E-state index is 5.36. The summed E-state index contributed by atoms with van der Waals surface area (Å²) in [7, 11) is 3.30. The van der Waals surface area contributed by atoms with Crippen molar-refractivity contribution in [1.29, 1.82) is 0 Å². The highest BCUT2D eigenvalue weighted by molar-refractivity contribution is 5.45. The molecule has 0 fully saturated rings. The van der Waals surface area contributed by atoms with Crippen molar-refractivity contribution in [2.24, 2.45) is 0 Å². The van der Waals surface area contributed by atoms with Crippen molar-refractivity contribution in [1.82, 2.24) is 9.78 Å². The van der Waals surface area contributed by atoms with E-state index in [9.17, 15) is 0 Å². The molecule has 0 aliphatic carbocycles. The van der Waals surface area contributed by atoms with Crippen LogP contribution in [-0.2, 0) is 13.1 Å². The van der Waals surface area contributed by atoms with Crippen LogP contribution in [0, 0.1) is 0 Å². The molecule has 0 amide bonds. The second kappa shape index (κ2) is 6.13. The number of methoxy groups -OCH3 is 2. The van der Waals surface area contributed by atoms with Crippen molar-refractivity contribution < 1.29 is 9.47 Å². The van der Waals surface area contributed by atoms with Crippen LogP contribution in [0.1, 0.15) is 12.5 Å². The molecule has 0 unspecified atom stereocenters. The quantitative estimate of drug-likeness (QED) is 0.868. The molecule has 0 bridgehead atoms. The Bertz CT molecular complexity index is 537. The number of ether oxygens (including phenoxy) is 2. The summed E-state index contributed by atoms with van der Waals surface area (Å²) >= 11 is 0. The number of benzene rings is 1. The van der Waals surface area contributed by atoms with Crippen molar-refractivity contribution in [3.8, 4) is 11.5 Å². The molecule has 1 aromatic heterocycles. The monoisotopic (exact) mass is 261 g/mol. The minimum atomic E-state index is 0.683. The van der Waals surface area contributed by atoms with E-state index in [2.05, 4.69) is 17.3 Å². The predicted molar refractivity (Wildman–Crippen MR) is 74.8 cm³/mol. The van der Waals surface area contributed by atoms with E-state index in [4.69, 9.17) is 9.47 Å². The topological polar surface area (TPSA) is 48.3 Å². The molecule has 0 saturated carbocycles. The van der Waals surface area contributed by atoms with Gasteiger partial charge < -0.3 is 14.8 Å². The molecule has 5 heteroatoms. The summed E-state index contributed by atoms with van der Waals surface area (Å²) in [6.07, 6.45) is 3.80. The smallest absolute Gasteiger partial charge is 0.127 e. The zero-order chi connectivity index (χ0) is 13.7. The molecule has 5 nitrogen and oxygen atoms in total. The Morgan fingerprint density at radius 1 is 1.26 bits per heavy atom. The molecule has 0 atom stereocenters. The van der Waals surface area contributed by atoms with Crippen LogP contribution in [-0.4, -0.2) is 24.0 Å². The van der Waals surface area contributed by atoms with E-state index < -0.39 is 0 Å². The fourth-order valence-electron chi connectivity index (χ4n) is 1.82. The van der Waals surface area contributed by atoms with E-state index in [0.717, 1.165) is 29.3 Å². The summed E-state index contributed by atoms with van der Waals surface area (Å²) in [5.74, 6) is 1.61. The first-order chi connectivity index (χ1) is 9.26. The molecule has 2 aromatic rings. The third-order valence-electron chi connectivity index (χ3n) is 2.93. The fraction of sp³-hybridized carbons (Fsp3) is 0.357. The van der Waals surface area contributed by atoms with Gasteiger partial charge in [-0.15, -0.1) is 0 Å². The molecule has 0 radical (unpaired) electrons. The van der Waals surface area contributed by atoms with Crippen LogP contribution in [0.4, 0.5) is 5.69 Å². The first-order valence-corrected chi connectivity index (χ1v) is 6.24. The highest BCUT2D eigenvalue weighted by atomic mass is 16.5. The molecule has 1 aromatic carbocycles. The summed E-state index contributed by atoms with van der Waals surface area (Å²) in [5, 5.41) is 7.54. The Kier molecular flexibility index (Phi) is 4.28. The van der Waals surface area contributed by atoms with Gasteiger partial charge in [0.1, 0.15) is 11.5 Å². The van der Waals surface area contributed by atoms with Crippen LogP contribution in [0.25, 0.3) is 0 Å². The predicted octanol–water partition coefficient (Wildman–Crippen LogP) is 2.53. The molecule has 102 valence electrons. The van der Waals surface area contributed by atoms with Gasteiger partial charge in [0, 0.05) is 30.9 Å². The largest absolute Gasteiger partial charge is 0.497 e. The van der Waals surface area contributed by atoms with Crippen molar-refractivity contribution in [3.63, 3.8) is 0 Å². The summed E-state index contributed by atoms with van der Waals surface area (Å²) in [6.45, 7) is 3.61. The van der Waals surface area contributed by atoms with E-state index in [-0.39, 0.29) is 0 Å². The van der Waals surface area contributed by atoms with Gasteiger partial charge in [0.2, 0.25) is 0 Å².